The SMILES string of the molecule is O=C1CCC(N2C(=O)c3ccc(CNC4CC(C(=O)O)C4)cc3C2=O)C(=O)N1. The third-order valence-corrected chi connectivity index (χ3v) is 5.59. The van der Waals surface area contributed by atoms with Crippen molar-refractivity contribution in [2.24, 2.45) is 5.92 Å². The largest absolute Gasteiger partial charge is 0.481 e. The molecular formula is C19H19N3O6. The lowest BCUT2D eigenvalue weighted by Crippen LogP contribution is -2.54. The number of carboxylic acids is 1. The van der Waals surface area contributed by atoms with Crippen molar-refractivity contribution < 1.29 is 29.1 Å². The molecule has 2 heterocycles. The monoisotopic (exact) mass is 385 g/mol. The number of fused-ring (bicyclic) bond motifs is 1. The highest BCUT2D eigenvalue weighted by atomic mass is 16.4. The maximum atomic E-state index is 12.8. The van der Waals surface area contributed by atoms with E-state index >= 15 is 0 Å². The molecule has 146 valence electrons. The van der Waals surface area contributed by atoms with E-state index in [9.17, 15) is 24.0 Å². The number of carboxylic acid groups (broad SMARTS) is 1. The molecule has 9 heteroatoms. The van der Waals surface area contributed by atoms with Crippen LogP contribution in [0.1, 0.15) is 52.0 Å². The van der Waals surface area contributed by atoms with Gasteiger partial charge in [0.1, 0.15) is 6.04 Å². The first-order chi connectivity index (χ1) is 13.3. The standard InChI is InChI=1S/C19H19N3O6/c23-15-4-3-14(16(24)21-15)22-17(25)12-2-1-9(5-13(12)18(22)26)8-20-11-6-10(7-11)19(27)28/h1-2,5,10-11,14,20H,3-4,6-8H2,(H,27,28)(H,21,23,24). The van der Waals surface area contributed by atoms with E-state index in [-0.39, 0.29) is 35.9 Å². The highest BCUT2D eigenvalue weighted by Gasteiger charge is 2.44. The summed E-state index contributed by atoms with van der Waals surface area (Å²) in [6.45, 7) is 0.449. The number of hydrogen-bond acceptors (Lipinski definition) is 6. The molecule has 4 rings (SSSR count). The minimum Gasteiger partial charge on any atom is -0.481 e. The minimum atomic E-state index is -0.977. The van der Waals surface area contributed by atoms with Crippen LogP contribution in [0.15, 0.2) is 18.2 Å². The fraction of sp³-hybridized carbons (Fsp3) is 0.421. The Morgan fingerprint density at radius 1 is 1.14 bits per heavy atom. The summed E-state index contributed by atoms with van der Waals surface area (Å²) < 4.78 is 0. The smallest absolute Gasteiger partial charge is 0.306 e. The van der Waals surface area contributed by atoms with Gasteiger partial charge in [-0.1, -0.05) is 6.07 Å². The van der Waals surface area contributed by atoms with Crippen LogP contribution in [0.4, 0.5) is 0 Å². The van der Waals surface area contributed by atoms with Gasteiger partial charge in [0.2, 0.25) is 11.8 Å². The van der Waals surface area contributed by atoms with E-state index in [1.54, 1.807) is 18.2 Å². The normalized spacial score (nSPS) is 26.7. The Hall–Kier alpha value is -3.07. The van der Waals surface area contributed by atoms with Crippen LogP contribution in [0.5, 0.6) is 0 Å². The Balaban J connectivity index is 1.45. The maximum absolute atomic E-state index is 12.8. The van der Waals surface area contributed by atoms with Gasteiger partial charge in [0.05, 0.1) is 17.0 Å². The predicted molar refractivity (Wildman–Crippen MR) is 94.1 cm³/mol. The van der Waals surface area contributed by atoms with Gasteiger partial charge in [-0.2, -0.15) is 0 Å². The third kappa shape index (κ3) is 3.07. The van der Waals surface area contributed by atoms with Crippen LogP contribution in [0.25, 0.3) is 0 Å². The van der Waals surface area contributed by atoms with Crippen molar-refractivity contribution in [3.8, 4) is 0 Å². The molecule has 2 fully saturated rings. The van der Waals surface area contributed by atoms with Crippen LogP contribution in [0, 0.1) is 5.92 Å². The minimum absolute atomic E-state index is 0.0811. The van der Waals surface area contributed by atoms with Crippen LogP contribution < -0.4 is 10.6 Å². The van der Waals surface area contributed by atoms with Crippen molar-refractivity contribution in [1.82, 2.24) is 15.5 Å². The van der Waals surface area contributed by atoms with E-state index in [0.29, 0.717) is 19.4 Å². The Bertz CT molecular complexity index is 905. The summed E-state index contributed by atoms with van der Waals surface area (Å²) >= 11 is 0. The molecule has 0 spiro atoms. The molecular weight excluding hydrogens is 366 g/mol. The van der Waals surface area contributed by atoms with Gasteiger partial charge in [-0.25, -0.2) is 0 Å². The molecule has 3 aliphatic rings. The van der Waals surface area contributed by atoms with Crippen molar-refractivity contribution in [2.75, 3.05) is 0 Å². The first-order valence-corrected chi connectivity index (χ1v) is 9.16. The zero-order valence-corrected chi connectivity index (χ0v) is 14.9. The van der Waals surface area contributed by atoms with Crippen molar-refractivity contribution in [3.05, 3.63) is 34.9 Å². The van der Waals surface area contributed by atoms with Crippen molar-refractivity contribution in [1.29, 1.82) is 0 Å². The van der Waals surface area contributed by atoms with Crippen LogP contribution in [-0.4, -0.2) is 51.7 Å². The number of nitrogens with one attached hydrogen (secondary N) is 2. The first kappa shape index (κ1) is 18.3. The molecule has 1 unspecified atom stereocenters. The van der Waals surface area contributed by atoms with E-state index in [4.69, 9.17) is 5.11 Å². The van der Waals surface area contributed by atoms with Gasteiger partial charge < -0.3 is 10.4 Å². The summed E-state index contributed by atoms with van der Waals surface area (Å²) in [6.07, 6.45) is 1.34. The number of rotatable bonds is 5. The Kier molecular flexibility index (Phi) is 4.46. The summed E-state index contributed by atoms with van der Waals surface area (Å²) in [5.41, 5.74) is 1.28. The molecule has 1 saturated carbocycles. The number of nitrogens with zero attached hydrogens (tertiary/aromatic N) is 1. The number of amides is 4. The third-order valence-electron chi connectivity index (χ3n) is 5.59. The zero-order valence-electron chi connectivity index (χ0n) is 14.9. The molecule has 1 aliphatic carbocycles. The number of carbonyl (C=O) groups is 5. The van der Waals surface area contributed by atoms with Gasteiger partial charge in [0, 0.05) is 19.0 Å². The second-order valence-corrected chi connectivity index (χ2v) is 7.41. The maximum Gasteiger partial charge on any atom is 0.306 e. The summed E-state index contributed by atoms with van der Waals surface area (Å²) in [7, 11) is 0. The Morgan fingerprint density at radius 2 is 1.86 bits per heavy atom. The van der Waals surface area contributed by atoms with Crippen LogP contribution >= 0.6 is 0 Å². The first-order valence-electron chi connectivity index (χ1n) is 9.16. The average Bonchev–Trinajstić information content (AvgIpc) is 2.84. The van der Waals surface area contributed by atoms with Gasteiger partial charge in [-0.15, -0.1) is 0 Å². The van der Waals surface area contributed by atoms with Gasteiger partial charge in [0.15, 0.2) is 0 Å². The van der Waals surface area contributed by atoms with Crippen LogP contribution in [-0.2, 0) is 20.9 Å². The lowest BCUT2D eigenvalue weighted by molar-refractivity contribution is -0.145. The molecule has 0 bridgehead atoms. The quantitative estimate of drug-likeness (QED) is 0.610. The van der Waals surface area contributed by atoms with E-state index in [1.807, 2.05) is 0 Å². The van der Waals surface area contributed by atoms with Crippen molar-refractivity contribution >= 4 is 29.6 Å². The van der Waals surface area contributed by atoms with E-state index in [2.05, 4.69) is 10.6 Å². The van der Waals surface area contributed by atoms with Crippen LogP contribution in [0.3, 0.4) is 0 Å². The Morgan fingerprint density at radius 3 is 2.54 bits per heavy atom. The van der Waals surface area contributed by atoms with E-state index in [0.717, 1.165) is 10.5 Å². The number of imide groups is 2. The molecule has 28 heavy (non-hydrogen) atoms. The van der Waals surface area contributed by atoms with Crippen molar-refractivity contribution in [2.45, 2.75) is 44.3 Å². The zero-order chi connectivity index (χ0) is 20.0. The molecule has 1 aromatic carbocycles. The molecule has 3 N–H and O–H groups in total. The number of carbonyl (C=O) groups excluding carboxylic acids is 4. The molecule has 1 atom stereocenters. The summed E-state index contributed by atoms with van der Waals surface area (Å²) in [4.78, 5) is 60.6. The summed E-state index contributed by atoms with van der Waals surface area (Å²) in [5.74, 6) is -3.20. The van der Waals surface area contributed by atoms with Gasteiger partial charge in [-0.3, -0.25) is 34.2 Å². The Labute approximate surface area is 160 Å². The summed E-state index contributed by atoms with van der Waals surface area (Å²) in [6, 6.07) is 4.07. The van der Waals surface area contributed by atoms with E-state index < -0.39 is 35.6 Å². The predicted octanol–water partition coefficient (Wildman–Crippen LogP) is 0.0406. The molecule has 0 aromatic heterocycles. The van der Waals surface area contributed by atoms with Crippen molar-refractivity contribution in [3.63, 3.8) is 0 Å². The highest BCUT2D eigenvalue weighted by molar-refractivity contribution is 6.23. The van der Waals surface area contributed by atoms with Crippen LogP contribution in [0.2, 0.25) is 0 Å². The molecule has 2 aliphatic heterocycles. The number of benzene rings is 1. The highest BCUT2D eigenvalue weighted by Crippen LogP contribution is 2.30. The summed E-state index contributed by atoms with van der Waals surface area (Å²) in [5, 5.41) is 14.3. The number of hydrogen-bond donors (Lipinski definition) is 3. The topological polar surface area (TPSA) is 133 Å². The lowest BCUT2D eigenvalue weighted by atomic mass is 9.80. The fourth-order valence-corrected chi connectivity index (χ4v) is 3.88. The average molecular weight is 385 g/mol. The fourth-order valence-electron chi connectivity index (χ4n) is 3.88. The van der Waals surface area contributed by atoms with Gasteiger partial charge >= 0.3 is 5.97 Å². The van der Waals surface area contributed by atoms with Gasteiger partial charge in [-0.05, 0) is 37.0 Å². The van der Waals surface area contributed by atoms with E-state index in [1.165, 1.54) is 0 Å². The number of aliphatic carboxylic acids is 1. The molecule has 1 saturated heterocycles. The number of piperidine rings is 1. The lowest BCUT2D eigenvalue weighted by Gasteiger charge is -2.33. The molecule has 0 radical (unpaired) electrons. The van der Waals surface area contributed by atoms with Gasteiger partial charge in [0.25, 0.3) is 11.8 Å². The molecule has 4 amide bonds. The second kappa shape index (κ2) is 6.83. The molecule has 9 nitrogen and oxygen atoms in total. The molecule has 1 aromatic rings. The second-order valence-electron chi connectivity index (χ2n) is 7.41.